The van der Waals surface area contributed by atoms with Crippen molar-refractivity contribution in [3.8, 4) is 0 Å². The first-order valence-corrected chi connectivity index (χ1v) is 6.52. The first kappa shape index (κ1) is 10.7. The molecular formula is C11H13Br2N. The van der Waals surface area contributed by atoms with Crippen molar-refractivity contribution in [3.05, 3.63) is 32.7 Å². The molecule has 0 saturated carbocycles. The second-order valence-corrected chi connectivity index (χ2v) is 5.39. The van der Waals surface area contributed by atoms with Gasteiger partial charge in [-0.25, -0.2) is 0 Å². The first-order valence-electron chi connectivity index (χ1n) is 4.93. The molecule has 0 spiro atoms. The van der Waals surface area contributed by atoms with Gasteiger partial charge in [0.25, 0.3) is 0 Å². The van der Waals surface area contributed by atoms with Crippen LogP contribution in [0.25, 0.3) is 0 Å². The Balaban J connectivity index is 2.29. The van der Waals surface area contributed by atoms with Crippen molar-refractivity contribution in [3.63, 3.8) is 0 Å². The molecule has 14 heavy (non-hydrogen) atoms. The summed E-state index contributed by atoms with van der Waals surface area (Å²) in [5.74, 6) is 0.647. The lowest BCUT2D eigenvalue weighted by Crippen LogP contribution is -2.28. The van der Waals surface area contributed by atoms with E-state index < -0.39 is 0 Å². The minimum absolute atomic E-state index is 0.647. The SMILES string of the molecule is Brc1cccc(Br)c1C1CCCNC1. The van der Waals surface area contributed by atoms with Crippen molar-refractivity contribution >= 4 is 31.9 Å². The standard InChI is InChI=1S/C11H13Br2N/c12-9-4-1-5-10(13)11(9)8-3-2-6-14-7-8/h1,4-5,8,14H,2-3,6-7H2. The molecule has 2 rings (SSSR count). The van der Waals surface area contributed by atoms with Gasteiger partial charge >= 0.3 is 0 Å². The third kappa shape index (κ3) is 2.20. The number of hydrogen-bond acceptors (Lipinski definition) is 1. The molecule has 0 radical (unpaired) electrons. The number of rotatable bonds is 1. The fraction of sp³-hybridized carbons (Fsp3) is 0.455. The lowest BCUT2D eigenvalue weighted by Gasteiger charge is -2.25. The van der Waals surface area contributed by atoms with Crippen LogP contribution in [0.2, 0.25) is 0 Å². The normalized spacial score (nSPS) is 22.3. The highest BCUT2D eigenvalue weighted by Gasteiger charge is 2.19. The molecule has 1 saturated heterocycles. The van der Waals surface area contributed by atoms with Crippen LogP contribution in [0.3, 0.4) is 0 Å². The summed E-state index contributed by atoms with van der Waals surface area (Å²) in [7, 11) is 0. The average molecular weight is 319 g/mol. The van der Waals surface area contributed by atoms with Crippen LogP contribution in [0, 0.1) is 0 Å². The molecule has 1 unspecified atom stereocenters. The van der Waals surface area contributed by atoms with Crippen molar-refractivity contribution in [2.75, 3.05) is 13.1 Å². The second-order valence-electron chi connectivity index (χ2n) is 3.68. The number of halogens is 2. The summed E-state index contributed by atoms with van der Waals surface area (Å²) in [5, 5.41) is 3.45. The summed E-state index contributed by atoms with van der Waals surface area (Å²) < 4.78 is 2.45. The van der Waals surface area contributed by atoms with Crippen molar-refractivity contribution < 1.29 is 0 Å². The van der Waals surface area contributed by atoms with Crippen LogP contribution in [-0.4, -0.2) is 13.1 Å². The van der Waals surface area contributed by atoms with Gasteiger partial charge in [0.2, 0.25) is 0 Å². The van der Waals surface area contributed by atoms with E-state index in [1.165, 1.54) is 33.9 Å². The van der Waals surface area contributed by atoms with E-state index in [0.717, 1.165) is 6.54 Å². The highest BCUT2D eigenvalue weighted by Crippen LogP contribution is 2.35. The largest absolute Gasteiger partial charge is 0.316 e. The van der Waals surface area contributed by atoms with E-state index in [1.54, 1.807) is 0 Å². The van der Waals surface area contributed by atoms with E-state index in [-0.39, 0.29) is 0 Å². The van der Waals surface area contributed by atoms with Crippen molar-refractivity contribution in [2.45, 2.75) is 18.8 Å². The summed E-state index contributed by atoms with van der Waals surface area (Å²) in [5.41, 5.74) is 1.42. The Labute approximate surface area is 102 Å². The van der Waals surface area contributed by atoms with Gasteiger partial charge in [-0.3, -0.25) is 0 Å². The van der Waals surface area contributed by atoms with E-state index in [9.17, 15) is 0 Å². The Kier molecular flexibility index (Phi) is 3.63. The summed E-state index contributed by atoms with van der Waals surface area (Å²) in [4.78, 5) is 0. The molecule has 0 amide bonds. The molecule has 1 aromatic carbocycles. The average Bonchev–Trinajstić information content (AvgIpc) is 2.19. The molecular weight excluding hydrogens is 306 g/mol. The topological polar surface area (TPSA) is 12.0 Å². The van der Waals surface area contributed by atoms with Crippen molar-refractivity contribution in [2.24, 2.45) is 0 Å². The maximum Gasteiger partial charge on any atom is 0.0221 e. The van der Waals surface area contributed by atoms with Crippen LogP contribution in [0.4, 0.5) is 0 Å². The fourth-order valence-electron chi connectivity index (χ4n) is 2.00. The van der Waals surface area contributed by atoms with Gasteiger partial charge in [-0.05, 0) is 43.0 Å². The molecule has 1 aliphatic heterocycles. The maximum atomic E-state index is 3.62. The molecule has 0 aromatic heterocycles. The predicted molar refractivity (Wildman–Crippen MR) is 66.7 cm³/mol. The number of benzene rings is 1. The third-order valence-corrected chi connectivity index (χ3v) is 4.09. The number of nitrogens with one attached hydrogen (secondary N) is 1. The highest BCUT2D eigenvalue weighted by molar-refractivity contribution is 9.11. The van der Waals surface area contributed by atoms with Gasteiger partial charge in [0, 0.05) is 15.5 Å². The van der Waals surface area contributed by atoms with Crippen LogP contribution in [0.1, 0.15) is 24.3 Å². The Morgan fingerprint density at radius 3 is 2.50 bits per heavy atom. The van der Waals surface area contributed by atoms with Gasteiger partial charge in [-0.15, -0.1) is 0 Å². The lowest BCUT2D eigenvalue weighted by molar-refractivity contribution is 0.459. The molecule has 1 nitrogen and oxygen atoms in total. The zero-order valence-corrected chi connectivity index (χ0v) is 11.1. The van der Waals surface area contributed by atoms with Gasteiger partial charge in [0.1, 0.15) is 0 Å². The molecule has 1 aromatic rings. The van der Waals surface area contributed by atoms with Crippen LogP contribution in [-0.2, 0) is 0 Å². The quantitative estimate of drug-likeness (QED) is 0.833. The van der Waals surface area contributed by atoms with E-state index in [2.05, 4.69) is 55.4 Å². The van der Waals surface area contributed by atoms with E-state index in [4.69, 9.17) is 0 Å². The van der Waals surface area contributed by atoms with Crippen LogP contribution in [0.5, 0.6) is 0 Å². The van der Waals surface area contributed by atoms with E-state index >= 15 is 0 Å². The first-order chi connectivity index (χ1) is 6.79. The zero-order valence-electron chi connectivity index (χ0n) is 7.89. The molecule has 1 fully saturated rings. The van der Waals surface area contributed by atoms with Crippen molar-refractivity contribution in [1.82, 2.24) is 5.32 Å². The van der Waals surface area contributed by atoms with Crippen LogP contribution >= 0.6 is 31.9 Å². The highest BCUT2D eigenvalue weighted by atomic mass is 79.9. The second kappa shape index (κ2) is 4.77. The maximum absolute atomic E-state index is 3.62. The molecule has 1 aliphatic rings. The predicted octanol–water partition coefficient (Wildman–Crippen LogP) is 3.68. The Bertz CT molecular complexity index is 299. The van der Waals surface area contributed by atoms with E-state index in [0.29, 0.717) is 5.92 Å². The van der Waals surface area contributed by atoms with Crippen LogP contribution < -0.4 is 5.32 Å². The monoisotopic (exact) mass is 317 g/mol. The summed E-state index contributed by atoms with van der Waals surface area (Å²) in [6.45, 7) is 2.26. The molecule has 1 atom stereocenters. The minimum atomic E-state index is 0.647. The molecule has 3 heteroatoms. The van der Waals surface area contributed by atoms with Gasteiger partial charge in [-0.1, -0.05) is 37.9 Å². The van der Waals surface area contributed by atoms with Gasteiger partial charge in [-0.2, -0.15) is 0 Å². The van der Waals surface area contributed by atoms with Crippen LogP contribution in [0.15, 0.2) is 27.1 Å². The number of hydrogen-bond donors (Lipinski definition) is 1. The summed E-state index contributed by atoms with van der Waals surface area (Å²) in [6.07, 6.45) is 2.56. The molecule has 1 heterocycles. The fourth-order valence-corrected chi connectivity index (χ4v) is 3.64. The number of piperidine rings is 1. The van der Waals surface area contributed by atoms with Gasteiger partial charge < -0.3 is 5.32 Å². The minimum Gasteiger partial charge on any atom is -0.316 e. The Hall–Kier alpha value is 0.140. The third-order valence-electron chi connectivity index (χ3n) is 2.70. The molecule has 0 aliphatic carbocycles. The molecule has 0 bridgehead atoms. The van der Waals surface area contributed by atoms with Gasteiger partial charge in [0.15, 0.2) is 0 Å². The lowest BCUT2D eigenvalue weighted by atomic mass is 9.92. The Morgan fingerprint density at radius 2 is 1.93 bits per heavy atom. The smallest absolute Gasteiger partial charge is 0.0221 e. The zero-order chi connectivity index (χ0) is 9.97. The van der Waals surface area contributed by atoms with Gasteiger partial charge in [0.05, 0.1) is 0 Å². The van der Waals surface area contributed by atoms with E-state index in [1.807, 2.05) is 0 Å². The molecule has 1 N–H and O–H groups in total. The summed E-state index contributed by atoms with van der Waals surface area (Å²) >= 11 is 7.25. The molecule has 76 valence electrons. The van der Waals surface area contributed by atoms with Crippen molar-refractivity contribution in [1.29, 1.82) is 0 Å². The Morgan fingerprint density at radius 1 is 1.21 bits per heavy atom. The summed E-state index contributed by atoms with van der Waals surface area (Å²) in [6, 6.07) is 6.30.